The summed E-state index contributed by atoms with van der Waals surface area (Å²) in [7, 11) is 0. The molecule has 0 radical (unpaired) electrons. The van der Waals surface area contributed by atoms with Gasteiger partial charge in [-0.1, -0.05) is 36.4 Å². The van der Waals surface area contributed by atoms with E-state index in [4.69, 9.17) is 4.74 Å². The van der Waals surface area contributed by atoms with Gasteiger partial charge in [-0.05, 0) is 46.7 Å². The Morgan fingerprint density at radius 3 is 2.58 bits per heavy atom. The third-order valence-electron chi connectivity index (χ3n) is 3.36. The molecule has 0 aliphatic heterocycles. The van der Waals surface area contributed by atoms with Gasteiger partial charge >= 0.3 is 0 Å². The molecular formula is C19H15FN2O2. The largest absolute Gasteiger partial charge is 0.484 e. The first-order chi connectivity index (χ1) is 11.7. The molecule has 0 aliphatic carbocycles. The maximum absolute atomic E-state index is 12.8. The highest BCUT2D eigenvalue weighted by Crippen LogP contribution is 2.14. The number of nitrogens with zero attached hydrogens (tertiary/aromatic N) is 1. The number of halogens is 1. The highest BCUT2D eigenvalue weighted by Gasteiger charge is 2.01. The van der Waals surface area contributed by atoms with E-state index in [2.05, 4.69) is 10.5 Å². The van der Waals surface area contributed by atoms with Crippen molar-refractivity contribution < 1.29 is 13.9 Å². The molecule has 0 bridgehead atoms. The normalized spacial score (nSPS) is 10.9. The Hall–Kier alpha value is -3.21. The molecule has 3 aromatic carbocycles. The van der Waals surface area contributed by atoms with Crippen molar-refractivity contribution in [1.82, 2.24) is 5.43 Å². The van der Waals surface area contributed by atoms with E-state index in [1.54, 1.807) is 6.21 Å². The minimum atomic E-state index is -0.392. The molecule has 0 fully saturated rings. The molecule has 5 heteroatoms. The summed E-state index contributed by atoms with van der Waals surface area (Å²) in [6, 6.07) is 19.4. The zero-order valence-corrected chi connectivity index (χ0v) is 12.8. The summed E-state index contributed by atoms with van der Waals surface area (Å²) in [5.74, 6) is -0.326. The van der Waals surface area contributed by atoms with Gasteiger partial charge in [-0.2, -0.15) is 5.10 Å². The highest BCUT2D eigenvalue weighted by atomic mass is 19.1. The fraction of sp³-hybridized carbons (Fsp3) is 0.0526. The van der Waals surface area contributed by atoms with Crippen LogP contribution in [0.25, 0.3) is 10.8 Å². The van der Waals surface area contributed by atoms with Crippen LogP contribution in [0.15, 0.2) is 71.8 Å². The van der Waals surface area contributed by atoms with E-state index in [9.17, 15) is 9.18 Å². The van der Waals surface area contributed by atoms with E-state index in [1.807, 2.05) is 42.5 Å². The monoisotopic (exact) mass is 322 g/mol. The SMILES string of the molecule is O=C(COc1ccc(F)cc1)N/N=C\c1ccc2ccccc2c1. The van der Waals surface area contributed by atoms with Gasteiger partial charge in [0.25, 0.3) is 5.91 Å². The molecule has 0 saturated heterocycles. The Morgan fingerprint density at radius 2 is 1.79 bits per heavy atom. The molecule has 4 nitrogen and oxygen atoms in total. The molecule has 0 spiro atoms. The van der Waals surface area contributed by atoms with Crippen LogP contribution < -0.4 is 10.2 Å². The number of nitrogens with one attached hydrogen (secondary N) is 1. The lowest BCUT2D eigenvalue weighted by Gasteiger charge is -2.04. The number of hydrogen-bond acceptors (Lipinski definition) is 3. The van der Waals surface area contributed by atoms with Crippen LogP contribution in [0.4, 0.5) is 4.39 Å². The third-order valence-corrected chi connectivity index (χ3v) is 3.36. The third kappa shape index (κ3) is 4.16. The number of fused-ring (bicyclic) bond motifs is 1. The van der Waals surface area contributed by atoms with Gasteiger partial charge in [-0.3, -0.25) is 4.79 Å². The van der Waals surface area contributed by atoms with Crippen molar-refractivity contribution in [3.05, 3.63) is 78.1 Å². The number of amides is 1. The van der Waals surface area contributed by atoms with E-state index in [1.165, 1.54) is 24.3 Å². The van der Waals surface area contributed by atoms with Crippen LogP contribution in [-0.4, -0.2) is 18.7 Å². The second kappa shape index (κ2) is 7.37. The second-order valence-corrected chi connectivity index (χ2v) is 5.14. The van der Waals surface area contributed by atoms with E-state index in [-0.39, 0.29) is 12.4 Å². The van der Waals surface area contributed by atoms with Crippen molar-refractivity contribution in [2.75, 3.05) is 6.61 Å². The Kier molecular flexibility index (Phi) is 4.81. The van der Waals surface area contributed by atoms with Crippen LogP contribution in [0.1, 0.15) is 5.56 Å². The van der Waals surface area contributed by atoms with Gasteiger partial charge in [-0.25, -0.2) is 9.82 Å². The molecule has 1 amide bonds. The lowest BCUT2D eigenvalue weighted by atomic mass is 10.1. The van der Waals surface area contributed by atoms with E-state index in [0.717, 1.165) is 16.3 Å². The fourth-order valence-corrected chi connectivity index (χ4v) is 2.18. The molecule has 0 atom stereocenters. The lowest BCUT2D eigenvalue weighted by molar-refractivity contribution is -0.123. The van der Waals surface area contributed by atoms with Gasteiger partial charge in [0.05, 0.1) is 6.21 Å². The van der Waals surface area contributed by atoms with E-state index >= 15 is 0 Å². The molecule has 0 saturated carbocycles. The van der Waals surface area contributed by atoms with Gasteiger partial charge < -0.3 is 4.74 Å². The number of carbonyl (C=O) groups excluding carboxylic acids is 1. The van der Waals surface area contributed by atoms with Gasteiger partial charge in [-0.15, -0.1) is 0 Å². The van der Waals surface area contributed by atoms with Gasteiger partial charge in [0.1, 0.15) is 11.6 Å². The van der Waals surface area contributed by atoms with Crippen molar-refractivity contribution >= 4 is 22.9 Å². The molecule has 0 heterocycles. The summed E-state index contributed by atoms with van der Waals surface area (Å²) in [4.78, 5) is 11.7. The van der Waals surface area contributed by atoms with Gasteiger partial charge in [0.15, 0.2) is 6.61 Å². The number of rotatable bonds is 5. The number of hydrazone groups is 1. The van der Waals surface area contributed by atoms with Crippen LogP contribution in [0.3, 0.4) is 0 Å². The second-order valence-electron chi connectivity index (χ2n) is 5.14. The summed E-state index contributed by atoms with van der Waals surface area (Å²) in [5.41, 5.74) is 3.28. The summed E-state index contributed by atoms with van der Waals surface area (Å²) >= 11 is 0. The zero-order valence-electron chi connectivity index (χ0n) is 12.8. The minimum absolute atomic E-state index is 0.194. The van der Waals surface area contributed by atoms with Crippen molar-refractivity contribution in [2.24, 2.45) is 5.10 Å². The Labute approximate surface area is 138 Å². The number of ether oxygens (including phenoxy) is 1. The van der Waals surface area contributed by atoms with Crippen molar-refractivity contribution in [3.63, 3.8) is 0 Å². The van der Waals surface area contributed by atoms with E-state index < -0.39 is 5.91 Å². The maximum Gasteiger partial charge on any atom is 0.277 e. The quantitative estimate of drug-likeness (QED) is 0.577. The Morgan fingerprint density at radius 1 is 1.04 bits per heavy atom. The topological polar surface area (TPSA) is 50.7 Å². The standard InChI is InChI=1S/C19H15FN2O2/c20-17-7-9-18(10-8-17)24-13-19(23)22-21-12-14-5-6-15-3-1-2-4-16(15)11-14/h1-12H,13H2,(H,22,23)/b21-12-. The first-order valence-corrected chi connectivity index (χ1v) is 7.40. The van der Waals surface area contributed by atoms with Crippen molar-refractivity contribution in [1.29, 1.82) is 0 Å². The van der Waals surface area contributed by atoms with Crippen LogP contribution in [0.2, 0.25) is 0 Å². The molecule has 24 heavy (non-hydrogen) atoms. The Bertz CT molecular complexity index is 876. The van der Waals surface area contributed by atoms with Crippen molar-refractivity contribution in [3.8, 4) is 5.75 Å². The molecular weight excluding hydrogens is 307 g/mol. The first-order valence-electron chi connectivity index (χ1n) is 7.40. The fourth-order valence-electron chi connectivity index (χ4n) is 2.18. The smallest absolute Gasteiger partial charge is 0.277 e. The first kappa shape index (κ1) is 15.7. The lowest BCUT2D eigenvalue weighted by Crippen LogP contribution is -2.24. The molecule has 3 rings (SSSR count). The molecule has 0 unspecified atom stereocenters. The predicted molar refractivity (Wildman–Crippen MR) is 91.6 cm³/mol. The van der Waals surface area contributed by atoms with Crippen LogP contribution in [-0.2, 0) is 4.79 Å². The summed E-state index contributed by atoms with van der Waals surface area (Å²) in [6.45, 7) is -0.194. The Balaban J connectivity index is 1.52. The number of carbonyl (C=O) groups is 1. The van der Waals surface area contributed by atoms with Gasteiger partial charge in [0, 0.05) is 0 Å². The highest BCUT2D eigenvalue weighted by molar-refractivity contribution is 5.90. The maximum atomic E-state index is 12.8. The molecule has 1 N–H and O–H groups in total. The minimum Gasteiger partial charge on any atom is -0.484 e. The van der Waals surface area contributed by atoms with E-state index in [0.29, 0.717) is 5.75 Å². The molecule has 0 aliphatic rings. The zero-order chi connectivity index (χ0) is 16.8. The van der Waals surface area contributed by atoms with Crippen molar-refractivity contribution in [2.45, 2.75) is 0 Å². The molecule has 3 aromatic rings. The average Bonchev–Trinajstić information content (AvgIpc) is 2.61. The summed E-state index contributed by atoms with van der Waals surface area (Å²) in [5, 5.41) is 6.16. The number of hydrogen-bond donors (Lipinski definition) is 1. The van der Waals surface area contributed by atoms with Crippen LogP contribution in [0.5, 0.6) is 5.75 Å². The predicted octanol–water partition coefficient (Wildman–Crippen LogP) is 3.51. The van der Waals surface area contributed by atoms with Crippen LogP contribution >= 0.6 is 0 Å². The average molecular weight is 322 g/mol. The van der Waals surface area contributed by atoms with Gasteiger partial charge in [0.2, 0.25) is 0 Å². The molecule has 120 valence electrons. The summed E-state index contributed by atoms with van der Waals surface area (Å²) in [6.07, 6.45) is 1.57. The number of benzene rings is 3. The summed E-state index contributed by atoms with van der Waals surface area (Å²) < 4.78 is 18.0. The molecule has 0 aromatic heterocycles. The van der Waals surface area contributed by atoms with Crippen LogP contribution in [0, 0.1) is 5.82 Å².